The normalized spacial score (nSPS) is 10.6. The van der Waals surface area contributed by atoms with Crippen molar-refractivity contribution in [2.45, 2.75) is 33.4 Å². The predicted octanol–water partition coefficient (Wildman–Crippen LogP) is 0.950. The van der Waals surface area contributed by atoms with Gasteiger partial charge in [-0.3, -0.25) is 4.90 Å². The van der Waals surface area contributed by atoms with Crippen LogP contribution in [0, 0.1) is 0 Å². The largest absolute Gasteiger partial charge is 0.478 e. The highest BCUT2D eigenvalue weighted by molar-refractivity contribution is 5.85. The van der Waals surface area contributed by atoms with Crippen LogP contribution >= 0.6 is 0 Å². The highest BCUT2D eigenvalue weighted by Gasteiger charge is 2.13. The first-order valence-electron chi connectivity index (χ1n) is 7.34. The fourth-order valence-corrected chi connectivity index (χ4v) is 1.23. The van der Waals surface area contributed by atoms with Crippen LogP contribution in [0.3, 0.4) is 0 Å². The van der Waals surface area contributed by atoms with E-state index in [2.05, 4.69) is 13.2 Å². The number of carboxylic acids is 2. The van der Waals surface area contributed by atoms with Gasteiger partial charge >= 0.3 is 11.9 Å². The van der Waals surface area contributed by atoms with Crippen molar-refractivity contribution in [3.63, 3.8) is 0 Å². The van der Waals surface area contributed by atoms with Gasteiger partial charge in [-0.25, -0.2) is 9.59 Å². The van der Waals surface area contributed by atoms with E-state index in [1.54, 1.807) is 7.11 Å². The van der Waals surface area contributed by atoms with E-state index in [1.807, 2.05) is 11.8 Å². The van der Waals surface area contributed by atoms with Gasteiger partial charge in [0.15, 0.2) is 0 Å². The molecule has 0 fully saturated rings. The molecule has 0 radical (unpaired) electrons. The lowest BCUT2D eigenvalue weighted by molar-refractivity contribution is -0.133. The molecule has 0 rings (SSSR count). The Hall–Kier alpha value is -1.74. The molecule has 0 saturated heterocycles. The minimum atomic E-state index is -0.935. The highest BCUT2D eigenvalue weighted by atomic mass is 16.5. The van der Waals surface area contributed by atoms with Gasteiger partial charge in [0.25, 0.3) is 0 Å². The zero-order chi connectivity index (χ0) is 19.7. The van der Waals surface area contributed by atoms with Crippen molar-refractivity contribution in [3.8, 4) is 0 Å². The smallest absolute Gasteiger partial charge is 0.330 e. The molecule has 8 nitrogen and oxygen atoms in total. The number of rotatable bonds is 9. The minimum Gasteiger partial charge on any atom is -0.478 e. The first kappa shape index (κ1) is 27.1. The van der Waals surface area contributed by atoms with Crippen LogP contribution in [0.5, 0.6) is 0 Å². The predicted molar refractivity (Wildman–Crippen MR) is 91.7 cm³/mol. The lowest BCUT2D eigenvalue weighted by Gasteiger charge is -2.28. The Balaban J connectivity index is -0.000000309. The van der Waals surface area contributed by atoms with Crippen LogP contribution in [-0.2, 0) is 14.3 Å². The van der Waals surface area contributed by atoms with Gasteiger partial charge in [0.05, 0.1) is 13.2 Å². The van der Waals surface area contributed by atoms with Gasteiger partial charge in [-0.1, -0.05) is 20.1 Å². The van der Waals surface area contributed by atoms with Crippen molar-refractivity contribution in [3.05, 3.63) is 24.3 Å². The van der Waals surface area contributed by atoms with E-state index in [-0.39, 0.29) is 30.6 Å². The van der Waals surface area contributed by atoms with Gasteiger partial charge in [-0.05, 0) is 20.3 Å². The van der Waals surface area contributed by atoms with Gasteiger partial charge in [0, 0.05) is 31.3 Å². The topological polar surface area (TPSA) is 128 Å². The standard InChI is InChI=1S/C8H19NO3.2C4H6O2/c1-3-8(12-2)9(4-6-10)5-7-11;2*1-3(2)4(5)6/h8,10-11H,3-7H2,1-2H3;2*1H2,2H3,(H,5,6). The molecule has 0 spiro atoms. The molecule has 0 saturated carbocycles. The lowest BCUT2D eigenvalue weighted by atomic mass is 10.3. The molecular weight excluding hydrogens is 318 g/mol. The molecule has 0 aliphatic heterocycles. The average Bonchev–Trinajstić information content (AvgIpc) is 2.50. The second kappa shape index (κ2) is 17.6. The molecule has 0 heterocycles. The highest BCUT2D eigenvalue weighted by Crippen LogP contribution is 2.03. The van der Waals surface area contributed by atoms with Crippen molar-refractivity contribution >= 4 is 11.9 Å². The van der Waals surface area contributed by atoms with Crippen molar-refractivity contribution in [1.29, 1.82) is 0 Å². The Kier molecular flexibility index (Phi) is 19.9. The summed E-state index contributed by atoms with van der Waals surface area (Å²) in [6.45, 7) is 12.5. The molecule has 0 aromatic rings. The summed E-state index contributed by atoms with van der Waals surface area (Å²) in [4.78, 5) is 21.1. The second-order valence-corrected chi connectivity index (χ2v) is 4.75. The third-order valence-electron chi connectivity index (χ3n) is 2.53. The summed E-state index contributed by atoms with van der Waals surface area (Å²) in [5.74, 6) is -1.87. The summed E-state index contributed by atoms with van der Waals surface area (Å²) in [6, 6.07) is 0. The molecule has 24 heavy (non-hydrogen) atoms. The van der Waals surface area contributed by atoms with Crippen LogP contribution in [-0.4, -0.2) is 76.9 Å². The Morgan fingerprint density at radius 3 is 1.42 bits per heavy atom. The molecule has 0 amide bonds. The van der Waals surface area contributed by atoms with E-state index >= 15 is 0 Å². The maximum absolute atomic E-state index is 9.60. The van der Waals surface area contributed by atoms with Crippen LogP contribution in [0.2, 0.25) is 0 Å². The summed E-state index contributed by atoms with van der Waals surface area (Å²) in [7, 11) is 1.63. The lowest BCUT2D eigenvalue weighted by Crippen LogP contribution is -2.40. The number of ether oxygens (including phenoxy) is 1. The van der Waals surface area contributed by atoms with E-state index in [0.717, 1.165) is 6.42 Å². The molecule has 8 heteroatoms. The van der Waals surface area contributed by atoms with Crippen LogP contribution in [0.25, 0.3) is 0 Å². The van der Waals surface area contributed by atoms with Crippen molar-refractivity contribution in [2.24, 2.45) is 0 Å². The van der Waals surface area contributed by atoms with Gasteiger partial charge < -0.3 is 25.2 Å². The Bertz CT molecular complexity index is 325. The summed E-state index contributed by atoms with van der Waals surface area (Å²) in [5.41, 5.74) is 0.352. The quantitative estimate of drug-likeness (QED) is 0.358. The van der Waals surface area contributed by atoms with Crippen LogP contribution in [0.1, 0.15) is 27.2 Å². The summed E-state index contributed by atoms with van der Waals surface area (Å²) in [6.07, 6.45) is 0.862. The Morgan fingerprint density at radius 1 is 1.00 bits per heavy atom. The molecule has 0 aromatic heterocycles. The van der Waals surface area contributed by atoms with E-state index in [1.165, 1.54) is 13.8 Å². The van der Waals surface area contributed by atoms with Crippen LogP contribution in [0.4, 0.5) is 0 Å². The Morgan fingerprint density at radius 2 is 1.29 bits per heavy atom. The number of hydrogen-bond acceptors (Lipinski definition) is 6. The zero-order valence-corrected chi connectivity index (χ0v) is 15.0. The average molecular weight is 349 g/mol. The number of aliphatic carboxylic acids is 2. The molecule has 0 aliphatic rings. The van der Waals surface area contributed by atoms with Gasteiger partial charge in [0.2, 0.25) is 0 Å². The van der Waals surface area contributed by atoms with E-state index in [4.69, 9.17) is 25.2 Å². The molecular formula is C16H31NO7. The van der Waals surface area contributed by atoms with Crippen molar-refractivity contribution < 1.29 is 34.8 Å². The maximum Gasteiger partial charge on any atom is 0.330 e. The van der Waals surface area contributed by atoms with E-state index < -0.39 is 11.9 Å². The number of nitrogens with zero attached hydrogens (tertiary/aromatic N) is 1. The molecule has 142 valence electrons. The van der Waals surface area contributed by atoms with Gasteiger partial charge in [-0.2, -0.15) is 0 Å². The number of aliphatic hydroxyl groups is 2. The van der Waals surface area contributed by atoms with Crippen molar-refractivity contribution in [2.75, 3.05) is 33.4 Å². The third kappa shape index (κ3) is 18.3. The molecule has 4 N–H and O–H groups in total. The van der Waals surface area contributed by atoms with E-state index in [9.17, 15) is 9.59 Å². The number of aliphatic hydroxyl groups excluding tert-OH is 2. The maximum atomic E-state index is 9.60. The minimum absolute atomic E-state index is 0.00398. The number of methoxy groups -OCH3 is 1. The van der Waals surface area contributed by atoms with Crippen LogP contribution in [0.15, 0.2) is 24.3 Å². The van der Waals surface area contributed by atoms with Gasteiger partial charge in [0.1, 0.15) is 6.23 Å². The molecule has 0 aromatic carbocycles. The SMILES string of the molecule is C=C(C)C(=O)O.C=C(C)C(=O)O.CCC(OC)N(CCO)CCO. The Labute approximate surface area is 143 Å². The third-order valence-corrected chi connectivity index (χ3v) is 2.53. The summed E-state index contributed by atoms with van der Waals surface area (Å²) >= 11 is 0. The van der Waals surface area contributed by atoms with Gasteiger partial charge in [-0.15, -0.1) is 0 Å². The number of carbonyl (C=O) groups is 2. The van der Waals surface area contributed by atoms with E-state index in [0.29, 0.717) is 13.1 Å². The first-order chi connectivity index (χ1) is 11.1. The van der Waals surface area contributed by atoms with Crippen molar-refractivity contribution in [1.82, 2.24) is 4.90 Å². The molecule has 0 aliphatic carbocycles. The number of hydrogen-bond donors (Lipinski definition) is 4. The molecule has 1 atom stereocenters. The molecule has 0 bridgehead atoms. The first-order valence-corrected chi connectivity index (χ1v) is 7.34. The molecule has 1 unspecified atom stereocenters. The fraction of sp³-hybridized carbons (Fsp3) is 0.625. The monoisotopic (exact) mass is 349 g/mol. The zero-order valence-electron chi connectivity index (χ0n) is 15.0. The summed E-state index contributed by atoms with van der Waals surface area (Å²) in [5, 5.41) is 33.2. The fourth-order valence-electron chi connectivity index (χ4n) is 1.23. The number of carboxylic acid groups (broad SMARTS) is 2. The second-order valence-electron chi connectivity index (χ2n) is 4.75. The summed E-state index contributed by atoms with van der Waals surface area (Å²) < 4.78 is 5.17. The van der Waals surface area contributed by atoms with Crippen LogP contribution < -0.4 is 0 Å².